The molecule has 0 spiro atoms. The number of carbonyl (C=O) groups is 1. The SMILES string of the molecule is CCCCNc1ncc(CN[C@@H](CCC)C(=O)O)cn1. The highest BCUT2D eigenvalue weighted by atomic mass is 16.4. The molecule has 0 radical (unpaired) electrons. The summed E-state index contributed by atoms with van der Waals surface area (Å²) in [6, 6.07) is -0.512. The second-order valence-corrected chi connectivity index (χ2v) is 4.76. The Morgan fingerprint density at radius 3 is 2.55 bits per heavy atom. The molecule has 1 heterocycles. The van der Waals surface area contributed by atoms with Crippen molar-refractivity contribution in [1.29, 1.82) is 0 Å². The van der Waals surface area contributed by atoms with Crippen LogP contribution in [0, 0.1) is 0 Å². The number of carboxylic acid groups (broad SMARTS) is 1. The van der Waals surface area contributed by atoms with Crippen LogP contribution >= 0.6 is 0 Å². The van der Waals surface area contributed by atoms with Gasteiger partial charge in [-0.1, -0.05) is 26.7 Å². The molecule has 0 bridgehead atoms. The van der Waals surface area contributed by atoms with E-state index < -0.39 is 12.0 Å². The van der Waals surface area contributed by atoms with Crippen LogP contribution in [0.5, 0.6) is 0 Å². The molecule has 1 aromatic rings. The van der Waals surface area contributed by atoms with E-state index in [1.54, 1.807) is 12.4 Å². The molecule has 1 aromatic heterocycles. The fraction of sp³-hybridized carbons (Fsp3) is 0.643. The summed E-state index contributed by atoms with van der Waals surface area (Å²) < 4.78 is 0. The van der Waals surface area contributed by atoms with E-state index in [9.17, 15) is 4.79 Å². The molecule has 0 aliphatic carbocycles. The summed E-state index contributed by atoms with van der Waals surface area (Å²) in [6.45, 7) is 5.43. The Bertz CT molecular complexity index is 395. The molecule has 0 unspecified atom stereocenters. The molecule has 1 atom stereocenters. The van der Waals surface area contributed by atoms with Crippen molar-refractivity contribution in [2.24, 2.45) is 0 Å². The molecule has 0 fully saturated rings. The lowest BCUT2D eigenvalue weighted by Gasteiger charge is -2.13. The number of hydrogen-bond donors (Lipinski definition) is 3. The lowest BCUT2D eigenvalue weighted by atomic mass is 10.1. The van der Waals surface area contributed by atoms with Crippen LogP contribution in [0.25, 0.3) is 0 Å². The molecular weight excluding hydrogens is 256 g/mol. The van der Waals surface area contributed by atoms with Gasteiger partial charge < -0.3 is 15.7 Å². The Hall–Kier alpha value is -1.69. The van der Waals surface area contributed by atoms with Crippen molar-refractivity contribution in [2.45, 2.75) is 52.1 Å². The highest BCUT2D eigenvalue weighted by molar-refractivity contribution is 5.73. The van der Waals surface area contributed by atoms with E-state index in [2.05, 4.69) is 27.5 Å². The first-order valence-corrected chi connectivity index (χ1v) is 7.18. The minimum absolute atomic E-state index is 0.464. The molecule has 6 heteroatoms. The molecule has 0 aromatic carbocycles. The topological polar surface area (TPSA) is 87.1 Å². The Kier molecular flexibility index (Phi) is 7.57. The molecule has 0 amide bonds. The first kappa shape index (κ1) is 16.4. The predicted octanol–water partition coefficient (Wildman–Crippen LogP) is 2.03. The number of rotatable bonds is 10. The maximum Gasteiger partial charge on any atom is 0.320 e. The van der Waals surface area contributed by atoms with Gasteiger partial charge in [0, 0.05) is 31.0 Å². The van der Waals surface area contributed by atoms with E-state index in [4.69, 9.17) is 5.11 Å². The Morgan fingerprint density at radius 1 is 1.30 bits per heavy atom. The molecule has 0 saturated heterocycles. The van der Waals surface area contributed by atoms with E-state index in [0.717, 1.165) is 31.4 Å². The summed E-state index contributed by atoms with van der Waals surface area (Å²) in [7, 11) is 0. The molecule has 112 valence electrons. The zero-order valence-electron chi connectivity index (χ0n) is 12.2. The van der Waals surface area contributed by atoms with Crippen molar-refractivity contribution < 1.29 is 9.90 Å². The van der Waals surface area contributed by atoms with Gasteiger partial charge in [0.15, 0.2) is 0 Å². The van der Waals surface area contributed by atoms with Gasteiger partial charge in [-0.2, -0.15) is 0 Å². The Labute approximate surface area is 120 Å². The summed E-state index contributed by atoms with van der Waals surface area (Å²) in [6.07, 6.45) is 7.11. The van der Waals surface area contributed by atoms with Gasteiger partial charge in [-0.3, -0.25) is 4.79 Å². The van der Waals surface area contributed by atoms with Crippen molar-refractivity contribution >= 4 is 11.9 Å². The highest BCUT2D eigenvalue weighted by Gasteiger charge is 2.15. The fourth-order valence-electron chi connectivity index (χ4n) is 1.76. The van der Waals surface area contributed by atoms with Gasteiger partial charge in [0.05, 0.1) is 0 Å². The van der Waals surface area contributed by atoms with Crippen LogP contribution in [0.4, 0.5) is 5.95 Å². The quantitative estimate of drug-likeness (QED) is 0.568. The largest absolute Gasteiger partial charge is 0.480 e. The normalized spacial score (nSPS) is 12.1. The number of nitrogens with zero attached hydrogens (tertiary/aromatic N) is 2. The number of aliphatic carboxylic acids is 1. The van der Waals surface area contributed by atoms with Gasteiger partial charge in [-0.15, -0.1) is 0 Å². The highest BCUT2D eigenvalue weighted by Crippen LogP contribution is 2.03. The van der Waals surface area contributed by atoms with Crippen molar-refractivity contribution in [3.05, 3.63) is 18.0 Å². The van der Waals surface area contributed by atoms with Crippen LogP contribution in [0.3, 0.4) is 0 Å². The number of hydrogen-bond acceptors (Lipinski definition) is 5. The first-order valence-electron chi connectivity index (χ1n) is 7.18. The molecule has 20 heavy (non-hydrogen) atoms. The van der Waals surface area contributed by atoms with Crippen molar-refractivity contribution in [3.63, 3.8) is 0 Å². The molecule has 1 rings (SSSR count). The van der Waals surface area contributed by atoms with Gasteiger partial charge in [0.2, 0.25) is 5.95 Å². The van der Waals surface area contributed by atoms with Crippen molar-refractivity contribution in [3.8, 4) is 0 Å². The molecule has 3 N–H and O–H groups in total. The molecule has 6 nitrogen and oxygen atoms in total. The van der Waals surface area contributed by atoms with E-state index in [0.29, 0.717) is 18.9 Å². The molecule has 0 aliphatic rings. The smallest absolute Gasteiger partial charge is 0.320 e. The predicted molar refractivity (Wildman–Crippen MR) is 78.6 cm³/mol. The maximum absolute atomic E-state index is 11.0. The van der Waals surface area contributed by atoms with Crippen molar-refractivity contribution in [1.82, 2.24) is 15.3 Å². The average Bonchev–Trinajstić information content (AvgIpc) is 2.45. The zero-order chi connectivity index (χ0) is 14.8. The van der Waals surface area contributed by atoms with Crippen LogP contribution in [0.15, 0.2) is 12.4 Å². The van der Waals surface area contributed by atoms with E-state index in [1.807, 2.05) is 6.92 Å². The lowest BCUT2D eigenvalue weighted by molar-refractivity contribution is -0.139. The Morgan fingerprint density at radius 2 is 2.00 bits per heavy atom. The van der Waals surface area contributed by atoms with Crippen molar-refractivity contribution in [2.75, 3.05) is 11.9 Å². The standard InChI is InChI=1S/C14H24N4O2/c1-3-5-7-15-14-17-9-11(10-18-14)8-16-12(6-4-2)13(19)20/h9-10,12,16H,3-8H2,1-2H3,(H,19,20)(H,15,17,18)/t12-/m0/s1. The van der Waals surface area contributed by atoms with Gasteiger partial charge >= 0.3 is 5.97 Å². The van der Waals surface area contributed by atoms with Gasteiger partial charge in [0.25, 0.3) is 0 Å². The van der Waals surface area contributed by atoms with Crippen LogP contribution in [-0.2, 0) is 11.3 Å². The minimum Gasteiger partial charge on any atom is -0.480 e. The minimum atomic E-state index is -0.814. The maximum atomic E-state index is 11.0. The summed E-state index contributed by atoms with van der Waals surface area (Å²) in [5.74, 6) is -0.198. The van der Waals surface area contributed by atoms with Crippen LogP contribution in [0.2, 0.25) is 0 Å². The molecule has 0 saturated carbocycles. The van der Waals surface area contributed by atoms with Crippen LogP contribution < -0.4 is 10.6 Å². The molecule has 0 aliphatic heterocycles. The van der Waals surface area contributed by atoms with Gasteiger partial charge in [-0.25, -0.2) is 9.97 Å². The Balaban J connectivity index is 2.42. The van der Waals surface area contributed by atoms with Crippen LogP contribution in [-0.4, -0.2) is 33.6 Å². The van der Waals surface area contributed by atoms with Gasteiger partial charge in [0.1, 0.15) is 6.04 Å². The zero-order valence-corrected chi connectivity index (χ0v) is 12.2. The summed E-state index contributed by atoms with van der Waals surface area (Å²) in [5.41, 5.74) is 0.883. The van der Waals surface area contributed by atoms with E-state index >= 15 is 0 Å². The number of unbranched alkanes of at least 4 members (excludes halogenated alkanes) is 1. The third kappa shape index (κ3) is 5.97. The average molecular weight is 280 g/mol. The number of anilines is 1. The second-order valence-electron chi connectivity index (χ2n) is 4.76. The number of nitrogens with one attached hydrogen (secondary N) is 2. The monoisotopic (exact) mass is 280 g/mol. The molecular formula is C14H24N4O2. The summed E-state index contributed by atoms with van der Waals surface area (Å²) in [5, 5.41) is 15.2. The lowest BCUT2D eigenvalue weighted by Crippen LogP contribution is -2.36. The van der Waals surface area contributed by atoms with Gasteiger partial charge in [-0.05, 0) is 12.8 Å². The number of aromatic nitrogens is 2. The summed E-state index contributed by atoms with van der Waals surface area (Å²) >= 11 is 0. The second kappa shape index (κ2) is 9.25. The fourth-order valence-corrected chi connectivity index (χ4v) is 1.76. The third-order valence-corrected chi connectivity index (χ3v) is 2.95. The van der Waals surface area contributed by atoms with E-state index in [-0.39, 0.29) is 0 Å². The number of carboxylic acids is 1. The van der Waals surface area contributed by atoms with E-state index in [1.165, 1.54) is 0 Å². The summed E-state index contributed by atoms with van der Waals surface area (Å²) in [4.78, 5) is 19.4. The first-order chi connectivity index (χ1) is 9.67. The van der Waals surface area contributed by atoms with Crippen LogP contribution in [0.1, 0.15) is 45.1 Å². The third-order valence-electron chi connectivity index (χ3n) is 2.95.